The van der Waals surface area contributed by atoms with Crippen LogP contribution in [0.1, 0.15) is 41.6 Å². The molecule has 0 radical (unpaired) electrons. The van der Waals surface area contributed by atoms with Crippen molar-refractivity contribution in [3.05, 3.63) is 46.1 Å². The van der Waals surface area contributed by atoms with Gasteiger partial charge in [0.1, 0.15) is 4.21 Å². The Kier molecular flexibility index (Phi) is 4.36. The van der Waals surface area contributed by atoms with Crippen molar-refractivity contribution in [1.82, 2.24) is 5.32 Å². The summed E-state index contributed by atoms with van der Waals surface area (Å²) in [6, 6.07) is 6.03. The quantitative estimate of drug-likeness (QED) is 0.855. The third kappa shape index (κ3) is 3.41. The van der Waals surface area contributed by atoms with Crippen LogP contribution in [-0.4, -0.2) is 20.9 Å². The van der Waals surface area contributed by atoms with Gasteiger partial charge >= 0.3 is 0 Å². The number of hydrogen-bond acceptors (Lipinski definition) is 4. The molecule has 0 atom stereocenters. The first-order valence-corrected chi connectivity index (χ1v) is 10.1. The van der Waals surface area contributed by atoms with E-state index in [-0.39, 0.29) is 32.3 Å². The molecular formula is C17H19FN2O3S2. The van der Waals surface area contributed by atoms with Gasteiger partial charge in [0.05, 0.1) is 5.69 Å². The highest BCUT2D eigenvalue weighted by Crippen LogP contribution is 2.33. The molecule has 25 heavy (non-hydrogen) atoms. The molecule has 2 aromatic rings. The second kappa shape index (κ2) is 6.10. The van der Waals surface area contributed by atoms with E-state index >= 15 is 0 Å². The Balaban J connectivity index is 1.94. The molecule has 3 rings (SSSR count). The molecular weight excluding hydrogens is 363 g/mol. The van der Waals surface area contributed by atoms with E-state index in [0.29, 0.717) is 13.0 Å². The Bertz CT molecular complexity index is 943. The van der Waals surface area contributed by atoms with Crippen LogP contribution in [0.15, 0.2) is 28.5 Å². The standard InChI is InChI=1S/C17H19FN2O3S2/c1-17(2,3)13-6-7-14(24-13)25(22,23)20-12-5-4-11-10(15(12)18)8-9-19-16(11)21/h4-7,20H,8-9H2,1-3H3,(H,19,21). The SMILES string of the molecule is CC(C)(C)c1ccc(S(=O)(=O)Nc2ccc3c(c2F)CCNC3=O)s1. The van der Waals surface area contributed by atoms with Crippen LogP contribution in [-0.2, 0) is 21.9 Å². The van der Waals surface area contributed by atoms with Crippen LogP contribution in [0.3, 0.4) is 0 Å². The zero-order valence-electron chi connectivity index (χ0n) is 14.1. The van der Waals surface area contributed by atoms with Gasteiger partial charge in [-0.1, -0.05) is 20.8 Å². The van der Waals surface area contributed by atoms with Gasteiger partial charge in [0, 0.05) is 22.5 Å². The van der Waals surface area contributed by atoms with E-state index in [1.54, 1.807) is 6.07 Å². The van der Waals surface area contributed by atoms with E-state index in [1.807, 2.05) is 20.8 Å². The molecule has 2 heterocycles. The average molecular weight is 382 g/mol. The number of halogens is 1. The molecule has 1 aliphatic rings. The predicted molar refractivity (Wildman–Crippen MR) is 96.3 cm³/mol. The molecule has 0 saturated heterocycles. The molecule has 0 saturated carbocycles. The van der Waals surface area contributed by atoms with Crippen LogP contribution in [0.2, 0.25) is 0 Å². The number of anilines is 1. The number of nitrogens with one attached hydrogen (secondary N) is 2. The van der Waals surface area contributed by atoms with Crippen LogP contribution in [0, 0.1) is 5.82 Å². The van der Waals surface area contributed by atoms with Crippen molar-refractivity contribution in [3.63, 3.8) is 0 Å². The van der Waals surface area contributed by atoms with E-state index in [2.05, 4.69) is 10.0 Å². The highest BCUT2D eigenvalue weighted by Gasteiger charge is 2.26. The molecule has 134 valence electrons. The van der Waals surface area contributed by atoms with Crippen molar-refractivity contribution < 1.29 is 17.6 Å². The number of rotatable bonds is 3. The molecule has 1 amide bonds. The summed E-state index contributed by atoms with van der Waals surface area (Å²) in [7, 11) is -3.89. The van der Waals surface area contributed by atoms with Crippen LogP contribution in [0.5, 0.6) is 0 Å². The summed E-state index contributed by atoms with van der Waals surface area (Å²) in [5, 5.41) is 2.63. The number of hydrogen-bond donors (Lipinski definition) is 2. The lowest BCUT2D eigenvalue weighted by atomic mass is 9.95. The minimum absolute atomic E-state index is 0.132. The van der Waals surface area contributed by atoms with E-state index in [1.165, 1.54) is 18.2 Å². The molecule has 2 N–H and O–H groups in total. The highest BCUT2D eigenvalue weighted by atomic mass is 32.2. The fraction of sp³-hybridized carbons (Fsp3) is 0.353. The number of carbonyl (C=O) groups excluding carboxylic acids is 1. The molecule has 0 bridgehead atoms. The molecule has 8 heteroatoms. The van der Waals surface area contributed by atoms with Crippen LogP contribution < -0.4 is 10.0 Å². The van der Waals surface area contributed by atoms with Gasteiger partial charge in [-0.15, -0.1) is 11.3 Å². The molecule has 1 aromatic heterocycles. The molecule has 1 aromatic carbocycles. The Morgan fingerprint density at radius 2 is 1.92 bits per heavy atom. The minimum atomic E-state index is -3.89. The lowest BCUT2D eigenvalue weighted by Gasteiger charge is -2.19. The molecule has 0 spiro atoms. The Hall–Kier alpha value is -1.93. The summed E-state index contributed by atoms with van der Waals surface area (Å²) in [5.41, 5.74) is 0.186. The van der Waals surface area contributed by atoms with E-state index in [9.17, 15) is 17.6 Å². The highest BCUT2D eigenvalue weighted by molar-refractivity contribution is 7.94. The first-order chi connectivity index (χ1) is 11.6. The summed E-state index contributed by atoms with van der Waals surface area (Å²) in [5.74, 6) is -1.04. The molecule has 0 unspecified atom stereocenters. The van der Waals surface area contributed by atoms with Crippen LogP contribution in [0.25, 0.3) is 0 Å². The second-order valence-electron chi connectivity index (χ2n) is 6.93. The van der Waals surface area contributed by atoms with Gasteiger partial charge in [0.25, 0.3) is 15.9 Å². The summed E-state index contributed by atoms with van der Waals surface area (Å²) in [6.07, 6.45) is 0.329. The summed E-state index contributed by atoms with van der Waals surface area (Å²) < 4.78 is 42.3. The molecule has 0 fully saturated rings. The monoisotopic (exact) mass is 382 g/mol. The van der Waals surface area contributed by atoms with Crippen molar-refractivity contribution in [2.45, 2.75) is 36.8 Å². The smallest absolute Gasteiger partial charge is 0.271 e. The Morgan fingerprint density at radius 3 is 2.56 bits per heavy atom. The van der Waals surface area contributed by atoms with Crippen LogP contribution in [0.4, 0.5) is 10.1 Å². The first kappa shape index (κ1) is 17.9. The Labute approximate surface area is 150 Å². The van der Waals surface area contributed by atoms with Gasteiger partial charge in [0.15, 0.2) is 5.82 Å². The fourth-order valence-electron chi connectivity index (χ4n) is 2.62. The number of fused-ring (bicyclic) bond motifs is 1. The van der Waals surface area contributed by atoms with Crippen molar-refractivity contribution in [3.8, 4) is 0 Å². The zero-order chi connectivity index (χ0) is 18.4. The maximum atomic E-state index is 14.7. The van der Waals surface area contributed by atoms with Crippen molar-refractivity contribution in [1.29, 1.82) is 0 Å². The summed E-state index contributed by atoms with van der Waals surface area (Å²) in [4.78, 5) is 12.7. The third-order valence-corrected chi connectivity index (χ3v) is 7.35. The van der Waals surface area contributed by atoms with Gasteiger partial charge in [-0.05, 0) is 36.1 Å². The van der Waals surface area contributed by atoms with Crippen LogP contribution >= 0.6 is 11.3 Å². The Morgan fingerprint density at radius 1 is 1.20 bits per heavy atom. The molecule has 0 aliphatic carbocycles. The number of thiophene rings is 1. The van der Waals surface area contributed by atoms with Gasteiger partial charge in [0.2, 0.25) is 0 Å². The maximum absolute atomic E-state index is 14.7. The number of amides is 1. The first-order valence-electron chi connectivity index (χ1n) is 7.82. The van der Waals surface area contributed by atoms with Gasteiger partial charge in [-0.25, -0.2) is 12.8 Å². The van der Waals surface area contributed by atoms with Gasteiger partial charge in [-0.2, -0.15) is 0 Å². The number of sulfonamides is 1. The van der Waals surface area contributed by atoms with E-state index in [4.69, 9.17) is 0 Å². The fourth-order valence-corrected chi connectivity index (χ4v) is 5.04. The maximum Gasteiger partial charge on any atom is 0.271 e. The molecule has 5 nitrogen and oxygen atoms in total. The minimum Gasteiger partial charge on any atom is -0.352 e. The lowest BCUT2D eigenvalue weighted by Crippen LogP contribution is -2.32. The van der Waals surface area contributed by atoms with Gasteiger partial charge < -0.3 is 5.32 Å². The second-order valence-corrected chi connectivity index (χ2v) is 9.93. The number of benzene rings is 1. The molecule has 1 aliphatic heterocycles. The largest absolute Gasteiger partial charge is 0.352 e. The average Bonchev–Trinajstić information content (AvgIpc) is 3.02. The predicted octanol–water partition coefficient (Wildman–Crippen LogP) is 3.27. The lowest BCUT2D eigenvalue weighted by molar-refractivity contribution is 0.0945. The van der Waals surface area contributed by atoms with Gasteiger partial charge in [-0.3, -0.25) is 9.52 Å². The van der Waals surface area contributed by atoms with Crippen molar-refractivity contribution in [2.75, 3.05) is 11.3 Å². The zero-order valence-corrected chi connectivity index (χ0v) is 15.8. The summed E-state index contributed by atoms with van der Waals surface area (Å²) >= 11 is 1.16. The number of carbonyl (C=O) groups is 1. The topological polar surface area (TPSA) is 75.3 Å². The van der Waals surface area contributed by atoms with Crippen molar-refractivity contribution >= 4 is 33.0 Å². The van der Waals surface area contributed by atoms with E-state index < -0.39 is 15.8 Å². The van der Waals surface area contributed by atoms with Crippen molar-refractivity contribution in [2.24, 2.45) is 0 Å². The normalized spacial score (nSPS) is 14.8. The summed E-state index contributed by atoms with van der Waals surface area (Å²) in [6.45, 7) is 6.32. The third-order valence-electron chi connectivity index (χ3n) is 3.98. The van der Waals surface area contributed by atoms with E-state index in [0.717, 1.165) is 16.2 Å².